The molecule has 9 nitrogen and oxygen atoms in total. The van der Waals surface area contributed by atoms with E-state index in [1.807, 2.05) is 48.5 Å². The molecule has 0 heterocycles. The number of hydrogen-bond donors (Lipinski definition) is 2. The quantitative estimate of drug-likeness (QED) is 0.188. The first-order valence-corrected chi connectivity index (χ1v) is 14.3. The number of carbonyl (C=O) groups excluding carboxylic acids is 2. The van der Waals surface area contributed by atoms with Gasteiger partial charge in [-0.15, -0.1) is 0 Å². The number of ether oxygens (including phenoxy) is 1. The lowest BCUT2D eigenvalue weighted by Gasteiger charge is -2.21. The maximum Gasteiger partial charge on any atom is 0.258 e. The zero-order chi connectivity index (χ0) is 28.9. The lowest BCUT2D eigenvalue weighted by atomic mass is 10.2. The molecule has 0 aromatic heterocycles. The SMILES string of the molecule is O=C(COc1ccc(/C=N/NC(=O)CN(Cc2ccccc2)S(=O)(=O)c2ccccc2)cc1)NCc1ccccc1. The van der Waals surface area contributed by atoms with Crippen molar-refractivity contribution < 1.29 is 22.7 Å². The summed E-state index contributed by atoms with van der Waals surface area (Å²) in [5.74, 6) is -0.320. The normalized spacial score (nSPS) is 11.3. The third-order valence-electron chi connectivity index (χ3n) is 5.89. The number of sulfonamides is 1. The van der Waals surface area contributed by atoms with Crippen molar-refractivity contribution >= 4 is 28.1 Å². The van der Waals surface area contributed by atoms with Crippen molar-refractivity contribution in [1.82, 2.24) is 15.0 Å². The Morgan fingerprint density at radius 3 is 1.98 bits per heavy atom. The monoisotopic (exact) mass is 570 g/mol. The van der Waals surface area contributed by atoms with Crippen molar-refractivity contribution in [2.45, 2.75) is 18.0 Å². The number of hydrogen-bond acceptors (Lipinski definition) is 6. The molecule has 41 heavy (non-hydrogen) atoms. The molecule has 0 bridgehead atoms. The van der Waals surface area contributed by atoms with Gasteiger partial charge in [-0.3, -0.25) is 9.59 Å². The van der Waals surface area contributed by atoms with Gasteiger partial charge in [-0.25, -0.2) is 13.8 Å². The zero-order valence-corrected chi connectivity index (χ0v) is 23.0. The molecule has 4 rings (SSSR count). The van der Waals surface area contributed by atoms with E-state index in [2.05, 4.69) is 15.8 Å². The van der Waals surface area contributed by atoms with Crippen molar-refractivity contribution in [3.8, 4) is 5.75 Å². The summed E-state index contributed by atoms with van der Waals surface area (Å²) in [6.07, 6.45) is 1.43. The molecule has 0 saturated carbocycles. The van der Waals surface area contributed by atoms with Gasteiger partial charge < -0.3 is 10.1 Å². The van der Waals surface area contributed by atoms with E-state index in [1.54, 1.807) is 54.6 Å². The highest BCUT2D eigenvalue weighted by Crippen LogP contribution is 2.18. The zero-order valence-electron chi connectivity index (χ0n) is 22.2. The first-order valence-electron chi connectivity index (χ1n) is 12.8. The Morgan fingerprint density at radius 1 is 0.756 bits per heavy atom. The second kappa shape index (κ2) is 14.5. The van der Waals surface area contributed by atoms with Gasteiger partial charge >= 0.3 is 0 Å². The summed E-state index contributed by atoms with van der Waals surface area (Å²) >= 11 is 0. The number of nitrogens with zero attached hydrogens (tertiary/aromatic N) is 2. The van der Waals surface area contributed by atoms with Crippen molar-refractivity contribution in [3.63, 3.8) is 0 Å². The smallest absolute Gasteiger partial charge is 0.258 e. The molecule has 0 fully saturated rings. The van der Waals surface area contributed by atoms with E-state index in [0.717, 1.165) is 15.4 Å². The number of carbonyl (C=O) groups is 2. The molecule has 2 N–H and O–H groups in total. The van der Waals surface area contributed by atoms with E-state index in [4.69, 9.17) is 4.74 Å². The van der Waals surface area contributed by atoms with Crippen LogP contribution in [-0.4, -0.2) is 43.9 Å². The van der Waals surface area contributed by atoms with Crippen LogP contribution in [-0.2, 0) is 32.7 Å². The molecule has 4 aromatic carbocycles. The number of nitrogens with one attached hydrogen (secondary N) is 2. The predicted octanol–water partition coefficient (Wildman–Crippen LogP) is 3.72. The fourth-order valence-electron chi connectivity index (χ4n) is 3.78. The van der Waals surface area contributed by atoms with E-state index in [1.165, 1.54) is 18.3 Å². The molecular weight excluding hydrogens is 540 g/mol. The largest absolute Gasteiger partial charge is 0.484 e. The summed E-state index contributed by atoms with van der Waals surface area (Å²) in [5.41, 5.74) is 4.81. The van der Waals surface area contributed by atoms with E-state index in [0.29, 0.717) is 17.9 Å². The number of benzene rings is 4. The first-order chi connectivity index (χ1) is 19.9. The molecule has 0 saturated heterocycles. The van der Waals surface area contributed by atoms with Crippen LogP contribution in [0.3, 0.4) is 0 Å². The van der Waals surface area contributed by atoms with Crippen molar-refractivity contribution in [2.75, 3.05) is 13.2 Å². The summed E-state index contributed by atoms with van der Waals surface area (Å²) in [6.45, 7) is -0.0857. The molecule has 0 radical (unpaired) electrons. The van der Waals surface area contributed by atoms with Crippen LogP contribution >= 0.6 is 0 Å². The molecule has 0 atom stereocenters. The Hall–Kier alpha value is -4.80. The van der Waals surface area contributed by atoms with Gasteiger partial charge in [0.15, 0.2) is 6.61 Å². The molecule has 210 valence electrons. The summed E-state index contributed by atoms with van der Waals surface area (Å²) in [5, 5.41) is 6.76. The highest BCUT2D eigenvalue weighted by atomic mass is 32.2. The van der Waals surface area contributed by atoms with Crippen LogP contribution in [0.25, 0.3) is 0 Å². The topological polar surface area (TPSA) is 117 Å². The lowest BCUT2D eigenvalue weighted by Crippen LogP contribution is -2.39. The van der Waals surface area contributed by atoms with Crippen molar-refractivity contribution in [2.24, 2.45) is 5.10 Å². The van der Waals surface area contributed by atoms with Crippen molar-refractivity contribution in [3.05, 3.63) is 132 Å². The third kappa shape index (κ3) is 9.13. The lowest BCUT2D eigenvalue weighted by molar-refractivity contribution is -0.123. The second-order valence-electron chi connectivity index (χ2n) is 8.98. The Labute approximate surface area is 239 Å². The molecular formula is C31H30N4O5S. The summed E-state index contributed by atoms with van der Waals surface area (Å²) in [7, 11) is -3.93. The minimum atomic E-state index is -3.93. The van der Waals surface area contributed by atoms with Crippen LogP contribution in [0.1, 0.15) is 16.7 Å². The Kier molecular flexibility index (Phi) is 10.4. The Bertz CT molecular complexity index is 1550. The number of amides is 2. The minimum absolute atomic E-state index is 0.0287. The van der Waals surface area contributed by atoms with Crippen LogP contribution in [0.15, 0.2) is 125 Å². The summed E-state index contributed by atoms with van der Waals surface area (Å²) in [4.78, 5) is 24.8. The minimum Gasteiger partial charge on any atom is -0.484 e. The standard InChI is InChI=1S/C31H30N4O5S/c36-30(23-35(22-27-12-6-2-7-13-27)41(38,39)29-14-8-3-9-15-29)34-33-21-26-16-18-28(19-17-26)40-24-31(37)32-20-25-10-4-1-5-11-25/h1-19,21H,20,22-24H2,(H,32,37)(H,34,36)/b33-21+. The molecule has 4 aromatic rings. The summed E-state index contributed by atoms with van der Waals surface area (Å²) in [6, 6.07) is 33.4. The van der Waals surface area contributed by atoms with E-state index >= 15 is 0 Å². The molecule has 10 heteroatoms. The van der Waals surface area contributed by atoms with Gasteiger partial charge in [-0.2, -0.15) is 9.41 Å². The van der Waals surface area contributed by atoms with E-state index in [-0.39, 0.29) is 24.0 Å². The van der Waals surface area contributed by atoms with Crippen LogP contribution in [0, 0.1) is 0 Å². The maximum absolute atomic E-state index is 13.3. The molecule has 0 unspecified atom stereocenters. The van der Waals surface area contributed by atoms with Gasteiger partial charge in [0, 0.05) is 13.1 Å². The molecule has 0 aliphatic heterocycles. The average molecular weight is 571 g/mol. The van der Waals surface area contributed by atoms with Gasteiger partial charge in [0.05, 0.1) is 17.7 Å². The summed E-state index contributed by atoms with van der Waals surface area (Å²) < 4.78 is 33.2. The van der Waals surface area contributed by atoms with E-state index < -0.39 is 22.5 Å². The number of hydrazone groups is 1. The second-order valence-corrected chi connectivity index (χ2v) is 10.9. The average Bonchev–Trinajstić information content (AvgIpc) is 3.01. The Balaban J connectivity index is 1.29. The number of rotatable bonds is 13. The molecule has 2 amide bonds. The van der Waals surface area contributed by atoms with E-state index in [9.17, 15) is 18.0 Å². The fraction of sp³-hybridized carbons (Fsp3) is 0.129. The van der Waals surface area contributed by atoms with Gasteiger partial charge in [-0.1, -0.05) is 78.9 Å². The van der Waals surface area contributed by atoms with Gasteiger partial charge in [0.1, 0.15) is 5.75 Å². The van der Waals surface area contributed by atoms with Crippen molar-refractivity contribution in [1.29, 1.82) is 0 Å². The molecule has 0 aliphatic carbocycles. The van der Waals surface area contributed by atoms with Gasteiger partial charge in [-0.05, 0) is 53.1 Å². The Morgan fingerprint density at radius 2 is 1.34 bits per heavy atom. The van der Waals surface area contributed by atoms with Gasteiger partial charge in [0.2, 0.25) is 10.0 Å². The highest BCUT2D eigenvalue weighted by molar-refractivity contribution is 7.89. The maximum atomic E-state index is 13.3. The first kappa shape index (κ1) is 29.2. The molecule has 0 aliphatic rings. The molecule has 0 spiro atoms. The third-order valence-corrected chi connectivity index (χ3v) is 7.69. The van der Waals surface area contributed by atoms with Gasteiger partial charge in [0.25, 0.3) is 11.8 Å². The van der Waals surface area contributed by atoms with Crippen LogP contribution < -0.4 is 15.5 Å². The van der Waals surface area contributed by atoms with Crippen LogP contribution in [0.4, 0.5) is 0 Å². The highest BCUT2D eigenvalue weighted by Gasteiger charge is 2.26. The fourth-order valence-corrected chi connectivity index (χ4v) is 5.18. The van der Waals surface area contributed by atoms with Crippen LogP contribution in [0.2, 0.25) is 0 Å². The predicted molar refractivity (Wildman–Crippen MR) is 156 cm³/mol. The van der Waals surface area contributed by atoms with Crippen LogP contribution in [0.5, 0.6) is 5.75 Å².